The maximum absolute atomic E-state index is 11.7. The van der Waals surface area contributed by atoms with Gasteiger partial charge in [0, 0.05) is 6.42 Å². The largest absolute Gasteiger partial charge is 0.389 e. The van der Waals surface area contributed by atoms with Crippen molar-refractivity contribution in [1.82, 2.24) is 0 Å². The molecular formula is C6H9F3N2O. The van der Waals surface area contributed by atoms with Crippen molar-refractivity contribution in [3.05, 3.63) is 0 Å². The fourth-order valence-electron chi connectivity index (χ4n) is 1.18. The van der Waals surface area contributed by atoms with Crippen LogP contribution in [-0.2, 0) is 4.79 Å². The minimum Gasteiger partial charge on any atom is -0.368 e. The van der Waals surface area contributed by atoms with Crippen LogP contribution in [0.1, 0.15) is 12.8 Å². The lowest BCUT2D eigenvalue weighted by atomic mass is 10.1. The van der Waals surface area contributed by atoms with Crippen LogP contribution >= 0.6 is 0 Å². The van der Waals surface area contributed by atoms with Gasteiger partial charge in [-0.2, -0.15) is 13.2 Å². The Hall–Kier alpha value is -0.780. The fraction of sp³-hybridized carbons (Fsp3) is 0.833. The molecule has 12 heavy (non-hydrogen) atoms. The molecule has 0 heterocycles. The summed E-state index contributed by atoms with van der Waals surface area (Å²) in [6.45, 7) is 0. The van der Waals surface area contributed by atoms with Crippen LogP contribution in [0.4, 0.5) is 13.2 Å². The van der Waals surface area contributed by atoms with Gasteiger partial charge in [-0.3, -0.25) is 4.79 Å². The van der Waals surface area contributed by atoms with Crippen LogP contribution in [0.5, 0.6) is 0 Å². The molecule has 0 aromatic rings. The molecule has 1 fully saturated rings. The minimum atomic E-state index is -4.26. The van der Waals surface area contributed by atoms with Crippen LogP contribution in [0.3, 0.4) is 0 Å². The van der Waals surface area contributed by atoms with E-state index in [1.54, 1.807) is 0 Å². The summed E-state index contributed by atoms with van der Waals surface area (Å²) in [4.78, 5) is 10.5. The molecule has 1 aliphatic carbocycles. The van der Waals surface area contributed by atoms with E-state index in [4.69, 9.17) is 11.5 Å². The quantitative estimate of drug-likeness (QED) is 0.637. The van der Waals surface area contributed by atoms with Gasteiger partial charge in [0.05, 0.1) is 5.54 Å². The van der Waals surface area contributed by atoms with Gasteiger partial charge in [0.25, 0.3) is 0 Å². The standard InChI is InChI=1S/C6H9F3N2O/c7-6(8,9)2-3-1-5(3,11)4(10)12/h3H,1-2,11H2,(H2,10,12). The van der Waals surface area contributed by atoms with E-state index in [9.17, 15) is 18.0 Å². The second kappa shape index (κ2) is 2.35. The number of halogens is 3. The Kier molecular flexibility index (Phi) is 1.82. The molecule has 70 valence electrons. The third-order valence-electron chi connectivity index (χ3n) is 2.09. The first-order valence-electron chi connectivity index (χ1n) is 3.41. The number of hydrogen-bond acceptors (Lipinski definition) is 2. The third-order valence-corrected chi connectivity index (χ3v) is 2.09. The van der Waals surface area contributed by atoms with Gasteiger partial charge in [-0.05, 0) is 12.3 Å². The molecule has 4 N–H and O–H groups in total. The highest BCUT2D eigenvalue weighted by atomic mass is 19.4. The van der Waals surface area contributed by atoms with Crippen LogP contribution in [-0.4, -0.2) is 17.6 Å². The number of amides is 1. The van der Waals surface area contributed by atoms with Gasteiger partial charge in [0.15, 0.2) is 0 Å². The number of primary amides is 1. The zero-order valence-electron chi connectivity index (χ0n) is 6.19. The highest BCUT2D eigenvalue weighted by molar-refractivity contribution is 5.88. The number of rotatable bonds is 2. The van der Waals surface area contributed by atoms with Crippen molar-refractivity contribution in [3.8, 4) is 0 Å². The van der Waals surface area contributed by atoms with Crippen molar-refractivity contribution in [1.29, 1.82) is 0 Å². The second-order valence-corrected chi connectivity index (χ2v) is 3.12. The van der Waals surface area contributed by atoms with Crippen molar-refractivity contribution in [2.24, 2.45) is 17.4 Å². The monoisotopic (exact) mass is 182 g/mol. The highest BCUT2D eigenvalue weighted by Gasteiger charge is 2.59. The molecule has 1 amide bonds. The lowest BCUT2D eigenvalue weighted by molar-refractivity contribution is -0.140. The Morgan fingerprint density at radius 2 is 2.08 bits per heavy atom. The highest BCUT2D eigenvalue weighted by Crippen LogP contribution is 2.47. The van der Waals surface area contributed by atoms with Crippen LogP contribution in [0, 0.1) is 5.92 Å². The predicted molar refractivity (Wildman–Crippen MR) is 34.9 cm³/mol. The van der Waals surface area contributed by atoms with Gasteiger partial charge in [0.1, 0.15) is 0 Å². The molecule has 0 bridgehead atoms. The molecule has 0 aromatic carbocycles. The molecular weight excluding hydrogens is 173 g/mol. The van der Waals surface area contributed by atoms with Crippen molar-refractivity contribution in [2.45, 2.75) is 24.6 Å². The average Bonchev–Trinajstić information content (AvgIpc) is 2.38. The SMILES string of the molecule is NC(=O)C1(N)CC1CC(F)(F)F. The smallest absolute Gasteiger partial charge is 0.368 e. The molecule has 3 nitrogen and oxygen atoms in total. The Bertz CT molecular complexity index is 215. The number of carbonyl (C=O) groups excluding carboxylic acids is 1. The first-order chi connectivity index (χ1) is 5.26. The van der Waals surface area contributed by atoms with Crippen molar-refractivity contribution < 1.29 is 18.0 Å². The Morgan fingerprint density at radius 1 is 1.58 bits per heavy atom. The van der Waals surface area contributed by atoms with Gasteiger partial charge >= 0.3 is 6.18 Å². The van der Waals surface area contributed by atoms with Crippen LogP contribution in [0.25, 0.3) is 0 Å². The van der Waals surface area contributed by atoms with Gasteiger partial charge in [-0.1, -0.05) is 0 Å². The van der Waals surface area contributed by atoms with Gasteiger partial charge in [-0.25, -0.2) is 0 Å². The Morgan fingerprint density at radius 3 is 2.33 bits per heavy atom. The van der Waals surface area contributed by atoms with E-state index in [-0.39, 0.29) is 6.42 Å². The van der Waals surface area contributed by atoms with Crippen LogP contribution in [0.15, 0.2) is 0 Å². The van der Waals surface area contributed by atoms with E-state index in [0.717, 1.165) is 0 Å². The molecule has 0 spiro atoms. The van der Waals surface area contributed by atoms with E-state index < -0.39 is 30.0 Å². The molecule has 0 aliphatic heterocycles. The van der Waals surface area contributed by atoms with Gasteiger partial charge < -0.3 is 11.5 Å². The maximum Gasteiger partial charge on any atom is 0.389 e. The first kappa shape index (κ1) is 9.31. The molecule has 6 heteroatoms. The molecule has 1 saturated carbocycles. The summed E-state index contributed by atoms with van der Waals surface area (Å²) < 4.78 is 35.2. The molecule has 0 saturated heterocycles. The van der Waals surface area contributed by atoms with E-state index in [1.807, 2.05) is 0 Å². The third kappa shape index (κ3) is 1.69. The van der Waals surface area contributed by atoms with Crippen molar-refractivity contribution >= 4 is 5.91 Å². The predicted octanol–water partition coefficient (Wildman–Crippen LogP) is 0.141. The van der Waals surface area contributed by atoms with Gasteiger partial charge in [0.2, 0.25) is 5.91 Å². The normalized spacial score (nSPS) is 34.8. The van der Waals surface area contributed by atoms with E-state index in [0.29, 0.717) is 0 Å². The summed E-state index contributed by atoms with van der Waals surface area (Å²) in [6, 6.07) is 0. The number of hydrogen-bond donors (Lipinski definition) is 2. The minimum absolute atomic E-state index is 0.0435. The van der Waals surface area contributed by atoms with E-state index in [2.05, 4.69) is 0 Å². The molecule has 0 radical (unpaired) electrons. The topological polar surface area (TPSA) is 69.1 Å². The van der Waals surface area contributed by atoms with Crippen molar-refractivity contribution in [3.63, 3.8) is 0 Å². The molecule has 0 aromatic heterocycles. The summed E-state index contributed by atoms with van der Waals surface area (Å²) >= 11 is 0. The van der Waals surface area contributed by atoms with Gasteiger partial charge in [-0.15, -0.1) is 0 Å². The van der Waals surface area contributed by atoms with Crippen LogP contribution in [0.2, 0.25) is 0 Å². The van der Waals surface area contributed by atoms with E-state index >= 15 is 0 Å². The molecule has 1 rings (SSSR count). The first-order valence-corrected chi connectivity index (χ1v) is 3.41. The average molecular weight is 182 g/mol. The molecule has 2 atom stereocenters. The summed E-state index contributed by atoms with van der Waals surface area (Å²) in [5, 5.41) is 0. The Labute approximate surface area is 66.9 Å². The molecule has 1 aliphatic rings. The number of carbonyl (C=O) groups is 1. The zero-order chi connectivity index (χ0) is 9.57. The number of alkyl halides is 3. The summed E-state index contributed by atoms with van der Waals surface area (Å²) in [5.41, 5.74) is 8.67. The summed E-state index contributed by atoms with van der Waals surface area (Å²) in [6.07, 6.45) is -5.24. The molecule has 2 unspecified atom stereocenters. The van der Waals surface area contributed by atoms with E-state index in [1.165, 1.54) is 0 Å². The lowest BCUT2D eigenvalue weighted by Crippen LogP contribution is -2.41. The fourth-order valence-corrected chi connectivity index (χ4v) is 1.18. The van der Waals surface area contributed by atoms with Crippen molar-refractivity contribution in [2.75, 3.05) is 0 Å². The zero-order valence-corrected chi connectivity index (χ0v) is 6.19. The van der Waals surface area contributed by atoms with Crippen LogP contribution < -0.4 is 11.5 Å². The lowest BCUT2D eigenvalue weighted by Gasteiger charge is -2.08. The summed E-state index contributed by atoms with van der Waals surface area (Å²) in [7, 11) is 0. The number of nitrogens with two attached hydrogens (primary N) is 2. The maximum atomic E-state index is 11.7. The second-order valence-electron chi connectivity index (χ2n) is 3.12. The summed E-state index contributed by atoms with van der Waals surface area (Å²) in [5.74, 6) is -1.67. The Balaban J connectivity index is 2.48.